The van der Waals surface area contributed by atoms with E-state index in [1.165, 1.54) is 12.1 Å². The standard InChI is InChI=1S/C9H11NO3S/c11-7-3-1-6(2-4-7)5-8(10-14)9(12)13/h1-4,8,10-11,14H,5H2,(H,12,13)/t8-/m0/s1. The van der Waals surface area contributed by atoms with Crippen molar-refractivity contribution in [3.8, 4) is 5.75 Å². The maximum atomic E-state index is 10.6. The van der Waals surface area contributed by atoms with Crippen molar-refractivity contribution in [2.45, 2.75) is 12.5 Å². The van der Waals surface area contributed by atoms with Gasteiger partial charge in [-0.15, -0.1) is 0 Å². The van der Waals surface area contributed by atoms with Crippen molar-refractivity contribution in [1.29, 1.82) is 0 Å². The smallest absolute Gasteiger partial charge is 0.321 e. The molecule has 0 unspecified atom stereocenters. The summed E-state index contributed by atoms with van der Waals surface area (Å²) in [4.78, 5) is 10.6. The lowest BCUT2D eigenvalue weighted by Gasteiger charge is -2.09. The van der Waals surface area contributed by atoms with Crippen LogP contribution < -0.4 is 4.72 Å². The normalized spacial score (nSPS) is 12.4. The van der Waals surface area contributed by atoms with Crippen LogP contribution in [0, 0.1) is 0 Å². The summed E-state index contributed by atoms with van der Waals surface area (Å²) in [5, 5.41) is 17.7. The number of hydrogen-bond donors (Lipinski definition) is 4. The Morgan fingerprint density at radius 3 is 2.43 bits per heavy atom. The average Bonchev–Trinajstić information content (AvgIpc) is 2.16. The van der Waals surface area contributed by atoms with Crippen molar-refractivity contribution in [1.82, 2.24) is 4.72 Å². The molecule has 0 amide bonds. The summed E-state index contributed by atoms with van der Waals surface area (Å²) in [5.41, 5.74) is 0.830. The molecule has 0 heterocycles. The van der Waals surface area contributed by atoms with E-state index < -0.39 is 12.0 Å². The number of aromatic hydroxyl groups is 1. The third kappa shape index (κ3) is 2.93. The van der Waals surface area contributed by atoms with Crippen LogP contribution in [0.3, 0.4) is 0 Å². The zero-order valence-corrected chi connectivity index (χ0v) is 8.24. The highest BCUT2D eigenvalue weighted by atomic mass is 32.1. The number of aliphatic carboxylic acids is 1. The molecule has 0 bridgehead atoms. The number of nitrogens with one attached hydrogen (secondary N) is 1. The second kappa shape index (κ2) is 4.88. The summed E-state index contributed by atoms with van der Waals surface area (Å²) >= 11 is 3.73. The van der Waals surface area contributed by atoms with Crippen LogP contribution in [0.15, 0.2) is 24.3 Å². The molecular weight excluding hydrogens is 202 g/mol. The molecule has 0 aliphatic carbocycles. The lowest BCUT2D eigenvalue weighted by Crippen LogP contribution is -2.32. The topological polar surface area (TPSA) is 69.6 Å². The summed E-state index contributed by atoms with van der Waals surface area (Å²) in [7, 11) is 0. The zero-order chi connectivity index (χ0) is 10.6. The molecule has 0 saturated carbocycles. The molecular formula is C9H11NO3S. The first-order valence-electron chi connectivity index (χ1n) is 4.04. The van der Waals surface area contributed by atoms with E-state index in [9.17, 15) is 4.79 Å². The predicted octanol–water partition coefficient (Wildman–Crippen LogP) is 0.822. The summed E-state index contributed by atoms with van der Waals surface area (Å²) < 4.78 is 2.40. The Morgan fingerprint density at radius 1 is 1.43 bits per heavy atom. The lowest BCUT2D eigenvalue weighted by molar-refractivity contribution is -0.138. The lowest BCUT2D eigenvalue weighted by atomic mass is 10.1. The number of carbonyl (C=O) groups is 1. The monoisotopic (exact) mass is 213 g/mol. The highest BCUT2D eigenvalue weighted by Crippen LogP contribution is 2.11. The van der Waals surface area contributed by atoms with Gasteiger partial charge in [-0.05, 0) is 24.1 Å². The molecule has 0 aliphatic rings. The quantitative estimate of drug-likeness (QED) is 0.559. The molecule has 14 heavy (non-hydrogen) atoms. The number of phenolic OH excluding ortho intramolecular Hbond substituents is 1. The Kier molecular flexibility index (Phi) is 3.79. The molecule has 0 spiro atoms. The van der Waals surface area contributed by atoms with Crippen LogP contribution in [-0.2, 0) is 11.2 Å². The Bertz CT molecular complexity index is 312. The van der Waals surface area contributed by atoms with E-state index in [1.807, 2.05) is 0 Å². The van der Waals surface area contributed by atoms with Gasteiger partial charge < -0.3 is 10.2 Å². The second-order valence-corrected chi connectivity index (χ2v) is 3.15. The van der Waals surface area contributed by atoms with E-state index in [-0.39, 0.29) is 5.75 Å². The molecule has 0 radical (unpaired) electrons. The van der Waals surface area contributed by atoms with E-state index in [0.29, 0.717) is 6.42 Å². The van der Waals surface area contributed by atoms with Crippen molar-refractivity contribution in [3.63, 3.8) is 0 Å². The number of hydrogen-bond acceptors (Lipinski definition) is 4. The first-order chi connectivity index (χ1) is 6.63. The molecule has 1 aromatic rings. The van der Waals surface area contributed by atoms with Gasteiger partial charge in [-0.1, -0.05) is 24.9 Å². The van der Waals surface area contributed by atoms with Crippen LogP contribution in [0.25, 0.3) is 0 Å². The number of phenols is 1. The minimum Gasteiger partial charge on any atom is -0.508 e. The van der Waals surface area contributed by atoms with Crippen molar-refractivity contribution in [2.24, 2.45) is 0 Å². The van der Waals surface area contributed by atoms with Gasteiger partial charge >= 0.3 is 5.97 Å². The molecule has 0 fully saturated rings. The molecule has 76 valence electrons. The third-order valence-corrected chi connectivity index (χ3v) is 2.14. The van der Waals surface area contributed by atoms with Gasteiger partial charge in [0.15, 0.2) is 0 Å². The van der Waals surface area contributed by atoms with Crippen LogP contribution >= 0.6 is 12.8 Å². The van der Waals surface area contributed by atoms with Crippen LogP contribution in [0.2, 0.25) is 0 Å². The van der Waals surface area contributed by atoms with E-state index in [2.05, 4.69) is 17.5 Å². The number of carboxylic acid groups (broad SMARTS) is 1. The van der Waals surface area contributed by atoms with E-state index in [4.69, 9.17) is 10.2 Å². The summed E-state index contributed by atoms with van der Waals surface area (Å²) in [6.45, 7) is 0. The fraction of sp³-hybridized carbons (Fsp3) is 0.222. The first kappa shape index (κ1) is 10.9. The second-order valence-electron chi connectivity index (χ2n) is 2.89. The molecule has 5 heteroatoms. The van der Waals surface area contributed by atoms with E-state index in [0.717, 1.165) is 5.56 Å². The van der Waals surface area contributed by atoms with Crippen molar-refractivity contribution in [3.05, 3.63) is 29.8 Å². The van der Waals surface area contributed by atoms with Gasteiger partial charge in [0, 0.05) is 0 Å². The number of rotatable bonds is 4. The SMILES string of the molecule is O=C(O)[C@H](Cc1ccc(O)cc1)NS. The van der Waals surface area contributed by atoms with E-state index >= 15 is 0 Å². The molecule has 3 N–H and O–H groups in total. The maximum absolute atomic E-state index is 10.6. The van der Waals surface area contributed by atoms with Crippen LogP contribution in [-0.4, -0.2) is 22.2 Å². The van der Waals surface area contributed by atoms with Crippen LogP contribution in [0.5, 0.6) is 5.75 Å². The van der Waals surface area contributed by atoms with Crippen molar-refractivity contribution >= 4 is 18.8 Å². The zero-order valence-electron chi connectivity index (χ0n) is 7.34. The average molecular weight is 213 g/mol. The maximum Gasteiger partial charge on any atom is 0.321 e. The molecule has 4 nitrogen and oxygen atoms in total. The van der Waals surface area contributed by atoms with Gasteiger partial charge in [0.25, 0.3) is 0 Å². The number of carboxylic acids is 1. The summed E-state index contributed by atoms with van der Waals surface area (Å²) in [6, 6.07) is 5.68. The molecule has 1 rings (SSSR count). The highest BCUT2D eigenvalue weighted by molar-refractivity contribution is 7.78. The largest absolute Gasteiger partial charge is 0.508 e. The van der Waals surface area contributed by atoms with Gasteiger partial charge in [-0.2, -0.15) is 0 Å². The van der Waals surface area contributed by atoms with Crippen molar-refractivity contribution in [2.75, 3.05) is 0 Å². The highest BCUT2D eigenvalue weighted by Gasteiger charge is 2.15. The van der Waals surface area contributed by atoms with Crippen molar-refractivity contribution < 1.29 is 15.0 Å². The molecule has 0 aliphatic heterocycles. The minimum absolute atomic E-state index is 0.166. The van der Waals surface area contributed by atoms with Crippen LogP contribution in [0.1, 0.15) is 5.56 Å². The Balaban J connectivity index is 2.67. The Hall–Kier alpha value is -1.20. The van der Waals surface area contributed by atoms with E-state index in [1.54, 1.807) is 12.1 Å². The fourth-order valence-corrected chi connectivity index (χ4v) is 1.26. The Morgan fingerprint density at radius 2 is 2.00 bits per heavy atom. The predicted molar refractivity (Wildman–Crippen MR) is 55.4 cm³/mol. The van der Waals surface area contributed by atoms with Crippen LogP contribution in [0.4, 0.5) is 0 Å². The van der Waals surface area contributed by atoms with Gasteiger partial charge in [0.1, 0.15) is 11.8 Å². The first-order valence-corrected chi connectivity index (χ1v) is 4.48. The number of thiol groups is 1. The summed E-state index contributed by atoms with van der Waals surface area (Å²) in [5.74, 6) is -0.785. The molecule has 0 saturated heterocycles. The third-order valence-electron chi connectivity index (χ3n) is 1.83. The molecule has 0 aromatic heterocycles. The van der Waals surface area contributed by atoms with Gasteiger partial charge in [-0.25, -0.2) is 0 Å². The van der Waals surface area contributed by atoms with Gasteiger partial charge in [-0.3, -0.25) is 9.52 Å². The number of benzene rings is 1. The molecule has 1 atom stereocenters. The molecule has 1 aromatic carbocycles. The summed E-state index contributed by atoms with van der Waals surface area (Å²) in [6.07, 6.45) is 0.332. The minimum atomic E-state index is -0.951. The fourth-order valence-electron chi connectivity index (χ4n) is 1.06. The Labute approximate surface area is 87.1 Å². The van der Waals surface area contributed by atoms with Gasteiger partial charge in [0.05, 0.1) is 0 Å². The van der Waals surface area contributed by atoms with Gasteiger partial charge in [0.2, 0.25) is 0 Å².